The quantitative estimate of drug-likeness (QED) is 0.354. The molecule has 1 amide bonds. The number of nitrogens with zero attached hydrogens (tertiary/aromatic N) is 7. The van der Waals surface area contributed by atoms with Gasteiger partial charge >= 0.3 is 0 Å². The molecule has 1 atom stereocenters. The first-order valence-corrected chi connectivity index (χ1v) is 12.0. The lowest BCUT2D eigenvalue weighted by atomic mass is 10.0. The molecule has 37 heavy (non-hydrogen) atoms. The summed E-state index contributed by atoms with van der Waals surface area (Å²) in [6, 6.07) is 7.08. The molecule has 192 valence electrons. The number of amides is 1. The number of anilines is 2. The molecular weight excluding hydrogens is 506 g/mol. The maximum Gasteiger partial charge on any atom is 0.261 e. The van der Waals surface area contributed by atoms with Crippen LogP contribution in [-0.4, -0.2) is 72.8 Å². The number of thiazole rings is 1. The van der Waals surface area contributed by atoms with E-state index >= 15 is 0 Å². The summed E-state index contributed by atoms with van der Waals surface area (Å²) in [5.41, 5.74) is 0.381. The molecule has 0 aliphatic carbocycles. The number of aliphatic hydroxyl groups is 1. The Morgan fingerprint density at radius 3 is 2.73 bits per heavy atom. The molecule has 1 saturated heterocycles. The van der Waals surface area contributed by atoms with Gasteiger partial charge in [0.2, 0.25) is 5.95 Å². The first-order valence-electron chi connectivity index (χ1n) is 11.2. The van der Waals surface area contributed by atoms with Crippen LogP contribution in [0.4, 0.5) is 20.4 Å². The lowest BCUT2D eigenvalue weighted by molar-refractivity contribution is -0.143. The highest BCUT2D eigenvalue weighted by atomic mass is 32.1. The van der Waals surface area contributed by atoms with Crippen LogP contribution in [0.15, 0.2) is 42.9 Å². The van der Waals surface area contributed by atoms with Gasteiger partial charge in [-0.2, -0.15) is 0 Å². The predicted octanol–water partition coefficient (Wildman–Crippen LogP) is 2.93. The van der Waals surface area contributed by atoms with Crippen LogP contribution in [0.2, 0.25) is 0 Å². The van der Waals surface area contributed by atoms with Crippen molar-refractivity contribution in [3.05, 3.63) is 47.9 Å². The Balaban J connectivity index is 1.39. The zero-order chi connectivity index (χ0) is 26.2. The summed E-state index contributed by atoms with van der Waals surface area (Å²) < 4.78 is 31.7. The summed E-state index contributed by atoms with van der Waals surface area (Å²) in [5.74, 6) is -0.0392. The van der Waals surface area contributed by atoms with E-state index in [2.05, 4.69) is 30.4 Å². The van der Waals surface area contributed by atoms with E-state index in [0.29, 0.717) is 39.2 Å². The lowest BCUT2D eigenvalue weighted by Crippen LogP contribution is -2.35. The number of likely N-dealkylation sites (tertiary alicyclic amines) is 1. The average Bonchev–Trinajstić information content (AvgIpc) is 3.60. The summed E-state index contributed by atoms with van der Waals surface area (Å²) in [5, 5.41) is 18.1. The van der Waals surface area contributed by atoms with Crippen molar-refractivity contribution in [1.29, 1.82) is 0 Å². The summed E-state index contributed by atoms with van der Waals surface area (Å²) in [7, 11) is 3.04. The number of alkyl halides is 2. The van der Waals surface area contributed by atoms with Crippen LogP contribution in [0.25, 0.3) is 22.0 Å². The van der Waals surface area contributed by atoms with Gasteiger partial charge in [-0.1, -0.05) is 6.07 Å². The van der Waals surface area contributed by atoms with Crippen LogP contribution < -0.4 is 10.1 Å². The van der Waals surface area contributed by atoms with Crippen molar-refractivity contribution >= 4 is 28.9 Å². The van der Waals surface area contributed by atoms with Crippen LogP contribution in [0.3, 0.4) is 0 Å². The number of rotatable bonds is 8. The van der Waals surface area contributed by atoms with E-state index in [4.69, 9.17) is 4.74 Å². The standard InChI is InChI=1S/C23H22F2N8O3S/c1-32-9-7-23(35,21(32)34)20-27-10-17(37-20)15-5-3-4-13(28-15)14-6-8-26-22(29-14)30-16-11-33(12-18(24)25)31-19(16)36-2/h3-6,8,10-11,18,35H,7,9,12H2,1-2H3,(H,26,29,30). The van der Waals surface area contributed by atoms with E-state index in [9.17, 15) is 18.7 Å². The summed E-state index contributed by atoms with van der Waals surface area (Å²) in [6.45, 7) is -0.113. The third-order valence-electron chi connectivity index (χ3n) is 5.78. The molecule has 1 aliphatic rings. The Kier molecular flexibility index (Phi) is 6.52. The number of halogens is 2. The predicted molar refractivity (Wildman–Crippen MR) is 131 cm³/mol. The Hall–Kier alpha value is -4.04. The van der Waals surface area contributed by atoms with E-state index in [0.717, 1.165) is 4.68 Å². The minimum absolute atomic E-state index is 0.129. The second kappa shape index (κ2) is 9.78. The fourth-order valence-corrected chi connectivity index (χ4v) is 4.90. The first-order chi connectivity index (χ1) is 17.8. The zero-order valence-corrected chi connectivity index (χ0v) is 20.6. The van der Waals surface area contributed by atoms with Gasteiger partial charge < -0.3 is 20.1 Å². The molecule has 4 aromatic rings. The van der Waals surface area contributed by atoms with Crippen molar-refractivity contribution in [1.82, 2.24) is 34.6 Å². The van der Waals surface area contributed by atoms with E-state index in [-0.39, 0.29) is 24.2 Å². The molecule has 0 saturated carbocycles. The number of carbonyl (C=O) groups excluding carboxylic acids is 1. The normalized spacial score (nSPS) is 17.6. The van der Waals surface area contributed by atoms with Gasteiger partial charge in [0, 0.05) is 32.4 Å². The SMILES string of the molecule is COc1nn(CC(F)F)cc1Nc1nccc(-c2cccc(-c3cnc(C4(O)CCN(C)C4=O)s3)n2)n1. The second-order valence-corrected chi connectivity index (χ2v) is 9.36. The highest BCUT2D eigenvalue weighted by molar-refractivity contribution is 7.15. The number of pyridine rings is 1. The molecule has 5 rings (SSSR count). The van der Waals surface area contributed by atoms with Gasteiger partial charge in [0.25, 0.3) is 18.2 Å². The van der Waals surface area contributed by atoms with Gasteiger partial charge in [-0.05, 0) is 18.2 Å². The van der Waals surface area contributed by atoms with E-state index in [1.165, 1.54) is 35.7 Å². The van der Waals surface area contributed by atoms with Crippen molar-refractivity contribution < 1.29 is 23.4 Å². The largest absolute Gasteiger partial charge is 0.478 e. The smallest absolute Gasteiger partial charge is 0.261 e. The van der Waals surface area contributed by atoms with Crippen LogP contribution in [0.1, 0.15) is 11.4 Å². The van der Waals surface area contributed by atoms with Crippen molar-refractivity contribution in [2.75, 3.05) is 26.0 Å². The number of hydrogen-bond acceptors (Lipinski definition) is 10. The molecule has 0 aromatic carbocycles. The molecule has 0 bridgehead atoms. The molecular formula is C23H22F2N8O3S. The third-order valence-corrected chi connectivity index (χ3v) is 6.95. The summed E-state index contributed by atoms with van der Waals surface area (Å²) in [6.07, 6.45) is 2.24. The van der Waals surface area contributed by atoms with E-state index < -0.39 is 18.6 Å². The molecule has 1 aliphatic heterocycles. The molecule has 1 unspecified atom stereocenters. The van der Waals surface area contributed by atoms with Crippen molar-refractivity contribution in [3.63, 3.8) is 0 Å². The zero-order valence-electron chi connectivity index (χ0n) is 19.8. The maximum absolute atomic E-state index is 12.7. The van der Waals surface area contributed by atoms with Crippen molar-refractivity contribution in [2.45, 2.75) is 25.0 Å². The molecule has 5 heterocycles. The van der Waals surface area contributed by atoms with Crippen molar-refractivity contribution in [3.8, 4) is 27.8 Å². The maximum atomic E-state index is 12.7. The molecule has 0 spiro atoms. The molecule has 14 heteroatoms. The van der Waals surface area contributed by atoms with E-state index in [1.54, 1.807) is 31.4 Å². The number of likely N-dealkylation sites (N-methyl/N-ethyl adjacent to an activating group) is 1. The first kappa shape index (κ1) is 24.6. The van der Waals surface area contributed by atoms with Crippen molar-refractivity contribution in [2.24, 2.45) is 0 Å². The molecule has 0 radical (unpaired) electrons. The van der Waals surface area contributed by atoms with E-state index in [1.807, 2.05) is 6.07 Å². The summed E-state index contributed by atoms with van der Waals surface area (Å²) in [4.78, 5) is 32.3. The number of methoxy groups -OCH3 is 1. The highest BCUT2D eigenvalue weighted by Crippen LogP contribution is 2.38. The number of aromatic nitrogens is 6. The van der Waals surface area contributed by atoms with Gasteiger partial charge in [0.1, 0.15) is 17.2 Å². The second-order valence-electron chi connectivity index (χ2n) is 8.33. The van der Waals surface area contributed by atoms with Gasteiger partial charge in [-0.15, -0.1) is 16.4 Å². The summed E-state index contributed by atoms with van der Waals surface area (Å²) >= 11 is 1.21. The van der Waals surface area contributed by atoms with Crippen LogP contribution in [0.5, 0.6) is 5.88 Å². The van der Waals surface area contributed by atoms with Gasteiger partial charge in [-0.25, -0.2) is 28.7 Å². The lowest BCUT2D eigenvalue weighted by Gasteiger charge is -2.17. The molecule has 1 fully saturated rings. The molecule has 11 nitrogen and oxygen atoms in total. The fourth-order valence-electron chi connectivity index (χ4n) is 3.91. The van der Waals surface area contributed by atoms with Crippen LogP contribution >= 0.6 is 11.3 Å². The van der Waals surface area contributed by atoms with Gasteiger partial charge in [-0.3, -0.25) is 9.48 Å². The average molecular weight is 529 g/mol. The van der Waals surface area contributed by atoms with Gasteiger partial charge in [0.15, 0.2) is 5.60 Å². The molecule has 4 aromatic heterocycles. The van der Waals surface area contributed by atoms with Gasteiger partial charge in [0.05, 0.1) is 35.3 Å². The monoisotopic (exact) mass is 528 g/mol. The molecule has 2 N–H and O–H groups in total. The Morgan fingerprint density at radius 1 is 1.22 bits per heavy atom. The highest BCUT2D eigenvalue weighted by Gasteiger charge is 2.47. The third kappa shape index (κ3) is 4.84. The minimum atomic E-state index is -2.56. The minimum Gasteiger partial charge on any atom is -0.478 e. The number of hydrogen-bond donors (Lipinski definition) is 2. The number of ether oxygens (including phenoxy) is 1. The number of nitrogens with one attached hydrogen (secondary N) is 1. The Morgan fingerprint density at radius 2 is 2.00 bits per heavy atom. The topological polar surface area (TPSA) is 131 Å². The van der Waals surface area contributed by atoms with Crippen LogP contribution in [-0.2, 0) is 16.9 Å². The number of carbonyl (C=O) groups is 1. The Bertz CT molecular complexity index is 1440. The fraction of sp³-hybridized carbons (Fsp3) is 0.304. The Labute approximate surface area is 213 Å². The van der Waals surface area contributed by atoms with Crippen LogP contribution in [0, 0.1) is 0 Å².